The second-order valence-electron chi connectivity index (χ2n) is 5.14. The van der Waals surface area contributed by atoms with Crippen molar-refractivity contribution < 1.29 is 0 Å². The molecule has 2 aromatic rings. The zero-order valence-electron chi connectivity index (χ0n) is 10.2. The highest BCUT2D eigenvalue weighted by Crippen LogP contribution is 2.32. The van der Waals surface area contributed by atoms with E-state index in [-0.39, 0.29) is 0 Å². The fourth-order valence-electron chi connectivity index (χ4n) is 2.29. The van der Waals surface area contributed by atoms with Crippen LogP contribution in [0.15, 0.2) is 12.1 Å². The predicted molar refractivity (Wildman–Crippen MR) is 66.7 cm³/mol. The molecule has 1 aliphatic carbocycles. The quantitative estimate of drug-likeness (QED) is 0.749. The average molecular weight is 214 g/mol. The summed E-state index contributed by atoms with van der Waals surface area (Å²) in [5.74, 6) is 2.06. The van der Waals surface area contributed by atoms with E-state index in [0.29, 0.717) is 0 Å². The molecule has 0 spiro atoms. The maximum Gasteiger partial charge on any atom is 0.106 e. The van der Waals surface area contributed by atoms with Crippen molar-refractivity contribution in [3.8, 4) is 0 Å². The Balaban J connectivity index is 2.17. The number of rotatable bonds is 2. The number of imidazole rings is 1. The largest absolute Gasteiger partial charge is 0.328 e. The van der Waals surface area contributed by atoms with Gasteiger partial charge in [0.25, 0.3) is 0 Å². The molecule has 1 aromatic heterocycles. The second-order valence-corrected chi connectivity index (χ2v) is 5.14. The number of nitrogens with zero attached hydrogens (tertiary/aromatic N) is 2. The first-order chi connectivity index (χ1) is 7.65. The van der Waals surface area contributed by atoms with E-state index in [1.54, 1.807) is 0 Å². The maximum atomic E-state index is 4.66. The molecule has 0 aliphatic heterocycles. The molecule has 84 valence electrons. The summed E-state index contributed by atoms with van der Waals surface area (Å²) >= 11 is 0. The van der Waals surface area contributed by atoms with Crippen LogP contribution in [0.3, 0.4) is 0 Å². The molecule has 1 saturated carbocycles. The van der Waals surface area contributed by atoms with Crippen molar-refractivity contribution in [2.75, 3.05) is 0 Å². The van der Waals surface area contributed by atoms with Crippen molar-refractivity contribution in [1.82, 2.24) is 9.55 Å². The van der Waals surface area contributed by atoms with E-state index in [1.165, 1.54) is 29.5 Å². The lowest BCUT2D eigenvalue weighted by molar-refractivity contribution is 0.626. The van der Waals surface area contributed by atoms with Gasteiger partial charge in [-0.3, -0.25) is 0 Å². The summed E-state index contributed by atoms with van der Waals surface area (Å²) in [6.45, 7) is 7.61. The molecule has 2 nitrogen and oxygen atoms in total. The number of benzene rings is 1. The predicted octanol–water partition coefficient (Wildman–Crippen LogP) is 3.37. The van der Waals surface area contributed by atoms with E-state index in [2.05, 4.69) is 42.5 Å². The summed E-state index contributed by atoms with van der Waals surface area (Å²) in [5.41, 5.74) is 5.17. The zero-order valence-corrected chi connectivity index (χ0v) is 10.2. The second kappa shape index (κ2) is 3.34. The first kappa shape index (κ1) is 9.88. The summed E-state index contributed by atoms with van der Waals surface area (Å²) < 4.78 is 2.39. The molecular weight excluding hydrogens is 196 g/mol. The SMILES string of the molecule is Cc1cc2nc(C)n(CC3CC3)c2cc1C. The molecule has 0 atom stereocenters. The molecule has 0 bridgehead atoms. The van der Waals surface area contributed by atoms with Crippen LogP contribution in [0.1, 0.15) is 29.8 Å². The van der Waals surface area contributed by atoms with Gasteiger partial charge in [0.2, 0.25) is 0 Å². The Morgan fingerprint density at radius 2 is 1.88 bits per heavy atom. The maximum absolute atomic E-state index is 4.66. The number of aryl methyl sites for hydroxylation is 3. The standard InChI is InChI=1S/C14H18N2/c1-9-6-13-14(7-10(9)2)16(11(3)15-13)8-12-4-5-12/h6-7,12H,4-5,8H2,1-3H3. The summed E-state index contributed by atoms with van der Waals surface area (Å²) in [7, 11) is 0. The Kier molecular flexibility index (Phi) is 2.06. The molecule has 3 rings (SSSR count). The molecule has 0 radical (unpaired) electrons. The molecule has 16 heavy (non-hydrogen) atoms. The normalized spacial score (nSPS) is 15.9. The molecule has 1 aromatic carbocycles. The van der Waals surface area contributed by atoms with Crippen molar-refractivity contribution >= 4 is 11.0 Å². The Hall–Kier alpha value is -1.31. The van der Waals surface area contributed by atoms with Crippen LogP contribution in [-0.2, 0) is 6.54 Å². The van der Waals surface area contributed by atoms with Crippen molar-refractivity contribution in [2.45, 2.75) is 40.2 Å². The van der Waals surface area contributed by atoms with E-state index < -0.39 is 0 Å². The summed E-state index contributed by atoms with van der Waals surface area (Å²) in [6, 6.07) is 4.49. The van der Waals surface area contributed by atoms with Gasteiger partial charge in [0.15, 0.2) is 0 Å². The highest BCUT2D eigenvalue weighted by molar-refractivity contribution is 5.78. The van der Waals surface area contributed by atoms with E-state index in [0.717, 1.165) is 23.8 Å². The van der Waals surface area contributed by atoms with Crippen LogP contribution in [0.4, 0.5) is 0 Å². The first-order valence-electron chi connectivity index (χ1n) is 6.09. The van der Waals surface area contributed by atoms with Gasteiger partial charge in [-0.1, -0.05) is 0 Å². The van der Waals surface area contributed by atoms with Crippen LogP contribution >= 0.6 is 0 Å². The van der Waals surface area contributed by atoms with Gasteiger partial charge < -0.3 is 4.57 Å². The highest BCUT2D eigenvalue weighted by Gasteiger charge is 2.23. The fraction of sp³-hybridized carbons (Fsp3) is 0.500. The third kappa shape index (κ3) is 1.53. The van der Waals surface area contributed by atoms with E-state index in [1.807, 2.05) is 0 Å². The Bertz CT molecular complexity index is 547. The zero-order chi connectivity index (χ0) is 11.3. The number of hydrogen-bond acceptors (Lipinski definition) is 1. The molecule has 0 saturated heterocycles. The smallest absolute Gasteiger partial charge is 0.106 e. The van der Waals surface area contributed by atoms with Crippen molar-refractivity contribution in [1.29, 1.82) is 0 Å². The van der Waals surface area contributed by atoms with E-state index in [4.69, 9.17) is 0 Å². The topological polar surface area (TPSA) is 17.8 Å². The third-order valence-electron chi connectivity index (χ3n) is 3.69. The van der Waals surface area contributed by atoms with Crippen LogP contribution in [0.5, 0.6) is 0 Å². The van der Waals surface area contributed by atoms with Crippen molar-refractivity contribution in [2.24, 2.45) is 5.92 Å². The number of aromatic nitrogens is 2. The van der Waals surface area contributed by atoms with E-state index in [9.17, 15) is 0 Å². The van der Waals surface area contributed by atoms with Gasteiger partial charge in [0.05, 0.1) is 11.0 Å². The molecule has 1 fully saturated rings. The molecule has 0 amide bonds. The molecule has 1 aliphatic rings. The third-order valence-corrected chi connectivity index (χ3v) is 3.69. The van der Waals surface area contributed by atoms with Gasteiger partial charge >= 0.3 is 0 Å². The monoisotopic (exact) mass is 214 g/mol. The molecular formula is C14H18N2. The summed E-state index contributed by atoms with van der Waals surface area (Å²) in [6.07, 6.45) is 2.79. The van der Waals surface area contributed by atoms with Crippen molar-refractivity contribution in [3.05, 3.63) is 29.1 Å². The Morgan fingerprint density at radius 1 is 1.19 bits per heavy atom. The highest BCUT2D eigenvalue weighted by atomic mass is 15.1. The Labute approximate surface area is 96.3 Å². The number of fused-ring (bicyclic) bond motifs is 1. The van der Waals surface area contributed by atoms with Crippen LogP contribution in [-0.4, -0.2) is 9.55 Å². The lowest BCUT2D eigenvalue weighted by atomic mass is 10.1. The lowest BCUT2D eigenvalue weighted by Gasteiger charge is -2.06. The Morgan fingerprint density at radius 3 is 2.56 bits per heavy atom. The van der Waals surface area contributed by atoms with E-state index >= 15 is 0 Å². The number of hydrogen-bond donors (Lipinski definition) is 0. The minimum atomic E-state index is 0.901. The first-order valence-corrected chi connectivity index (χ1v) is 6.09. The van der Waals surface area contributed by atoms with Crippen molar-refractivity contribution in [3.63, 3.8) is 0 Å². The van der Waals surface area contributed by atoms with Crippen LogP contribution in [0, 0.1) is 26.7 Å². The molecule has 0 N–H and O–H groups in total. The fourth-order valence-corrected chi connectivity index (χ4v) is 2.29. The van der Waals surface area contributed by atoms with Gasteiger partial charge in [-0.05, 0) is 62.8 Å². The average Bonchev–Trinajstić information content (AvgIpc) is 2.99. The molecule has 2 heteroatoms. The molecule has 0 unspecified atom stereocenters. The van der Waals surface area contributed by atoms with Gasteiger partial charge in [0.1, 0.15) is 5.82 Å². The van der Waals surface area contributed by atoms with Gasteiger partial charge in [0, 0.05) is 6.54 Å². The summed E-state index contributed by atoms with van der Waals surface area (Å²) in [5, 5.41) is 0. The van der Waals surface area contributed by atoms with Crippen LogP contribution in [0.2, 0.25) is 0 Å². The molecule has 1 heterocycles. The lowest BCUT2D eigenvalue weighted by Crippen LogP contribution is -2.02. The van der Waals surface area contributed by atoms with Crippen LogP contribution < -0.4 is 0 Å². The minimum absolute atomic E-state index is 0.901. The van der Waals surface area contributed by atoms with Gasteiger partial charge in [-0.15, -0.1) is 0 Å². The van der Waals surface area contributed by atoms with Crippen LogP contribution in [0.25, 0.3) is 11.0 Å². The summed E-state index contributed by atoms with van der Waals surface area (Å²) in [4.78, 5) is 4.66. The van der Waals surface area contributed by atoms with Gasteiger partial charge in [-0.2, -0.15) is 0 Å². The minimum Gasteiger partial charge on any atom is -0.328 e. The van der Waals surface area contributed by atoms with Gasteiger partial charge in [-0.25, -0.2) is 4.98 Å².